The fourth-order valence-corrected chi connectivity index (χ4v) is 5.88. The highest BCUT2D eigenvalue weighted by Crippen LogP contribution is 2.37. The van der Waals surface area contributed by atoms with E-state index in [-0.39, 0.29) is 5.91 Å². The van der Waals surface area contributed by atoms with Crippen molar-refractivity contribution in [2.75, 3.05) is 13.2 Å². The van der Waals surface area contributed by atoms with Crippen molar-refractivity contribution in [3.63, 3.8) is 0 Å². The lowest BCUT2D eigenvalue weighted by atomic mass is 9.99. The van der Waals surface area contributed by atoms with Crippen LogP contribution in [0, 0.1) is 5.92 Å². The number of unbranched alkanes of at least 4 members (excludes halogenated alkanes) is 1. The molecule has 1 fully saturated rings. The van der Waals surface area contributed by atoms with Crippen molar-refractivity contribution in [3.05, 3.63) is 70.2 Å². The quantitative estimate of drug-likeness (QED) is 0.162. The van der Waals surface area contributed by atoms with Crippen LogP contribution in [-0.2, 0) is 4.79 Å². The number of rotatable bonds is 12. The Bertz CT molecular complexity index is 1310. The van der Waals surface area contributed by atoms with Gasteiger partial charge in [-0.15, -0.1) is 0 Å². The Morgan fingerprint density at radius 2 is 1.92 bits per heavy atom. The molecule has 1 amide bonds. The van der Waals surface area contributed by atoms with Gasteiger partial charge in [-0.25, -0.2) is 4.68 Å². The van der Waals surface area contributed by atoms with Gasteiger partial charge >= 0.3 is 0 Å². The second kappa shape index (κ2) is 13.5. The van der Waals surface area contributed by atoms with Crippen LogP contribution in [0.1, 0.15) is 58.4 Å². The standard InChI is InChI=1S/C30H34ClN3O2S2/c1-4-7-11-21(6-3)19-33-29(35)27(38-30(33)37)18-23-20-34(24-12-9-8-10-13-24)32-28(23)22-14-15-26(25(31)17-22)36-16-5-2/h8-10,12-15,17-18,20-21H,4-7,11,16,19H2,1-3H3. The predicted molar refractivity (Wildman–Crippen MR) is 163 cm³/mol. The summed E-state index contributed by atoms with van der Waals surface area (Å²) in [6.07, 6.45) is 9.21. The lowest BCUT2D eigenvalue weighted by Gasteiger charge is -2.21. The number of ether oxygens (including phenoxy) is 1. The molecule has 1 atom stereocenters. The highest BCUT2D eigenvalue weighted by Gasteiger charge is 2.33. The summed E-state index contributed by atoms with van der Waals surface area (Å²) in [5, 5.41) is 5.42. The SMILES string of the molecule is CCCCC(CC)CN1C(=O)C(=Cc2cn(-c3ccccc3)nc2-c2ccc(OCCC)c(Cl)c2)SC1=S. The van der Waals surface area contributed by atoms with E-state index in [2.05, 4.69) is 20.8 Å². The Morgan fingerprint density at radius 1 is 1.13 bits per heavy atom. The maximum atomic E-state index is 13.5. The second-order valence-corrected chi connectivity index (χ2v) is 11.5. The number of thiocarbonyl (C=S) groups is 1. The van der Waals surface area contributed by atoms with Gasteiger partial charge in [-0.1, -0.05) is 93.8 Å². The third-order valence-corrected chi connectivity index (χ3v) is 8.25. The van der Waals surface area contributed by atoms with E-state index in [1.165, 1.54) is 11.8 Å². The monoisotopic (exact) mass is 567 g/mol. The molecule has 5 nitrogen and oxygen atoms in total. The van der Waals surface area contributed by atoms with Gasteiger partial charge in [0, 0.05) is 23.9 Å². The number of hydrogen-bond donors (Lipinski definition) is 0. The second-order valence-electron chi connectivity index (χ2n) is 9.42. The summed E-state index contributed by atoms with van der Waals surface area (Å²) in [6, 6.07) is 15.6. The van der Waals surface area contributed by atoms with Crippen molar-refractivity contribution in [2.45, 2.75) is 52.9 Å². The van der Waals surface area contributed by atoms with E-state index in [0.717, 1.165) is 54.6 Å². The molecule has 1 aliphatic heterocycles. The molecule has 8 heteroatoms. The van der Waals surface area contributed by atoms with Crippen LogP contribution < -0.4 is 4.74 Å². The molecular weight excluding hydrogens is 534 g/mol. The van der Waals surface area contributed by atoms with Crippen molar-refractivity contribution in [3.8, 4) is 22.7 Å². The van der Waals surface area contributed by atoms with Crippen LogP contribution in [0.2, 0.25) is 5.02 Å². The molecule has 0 spiro atoms. The van der Waals surface area contributed by atoms with E-state index in [1.54, 1.807) is 4.90 Å². The first-order valence-electron chi connectivity index (χ1n) is 13.3. The summed E-state index contributed by atoms with van der Waals surface area (Å²) in [6.45, 7) is 7.71. The minimum Gasteiger partial charge on any atom is -0.492 e. The van der Waals surface area contributed by atoms with Crippen LogP contribution in [0.3, 0.4) is 0 Å². The van der Waals surface area contributed by atoms with E-state index in [1.807, 2.05) is 65.5 Å². The van der Waals surface area contributed by atoms with Crippen LogP contribution in [-0.4, -0.2) is 38.1 Å². The van der Waals surface area contributed by atoms with Crippen molar-refractivity contribution in [2.24, 2.45) is 5.92 Å². The first kappa shape index (κ1) is 28.4. The summed E-state index contributed by atoms with van der Waals surface area (Å²) >= 11 is 13.6. The van der Waals surface area contributed by atoms with E-state index in [0.29, 0.717) is 39.1 Å². The van der Waals surface area contributed by atoms with E-state index in [9.17, 15) is 4.79 Å². The van der Waals surface area contributed by atoms with Gasteiger partial charge in [0.15, 0.2) is 0 Å². The van der Waals surface area contributed by atoms with Gasteiger partial charge in [-0.05, 0) is 55.2 Å². The van der Waals surface area contributed by atoms with E-state index >= 15 is 0 Å². The van der Waals surface area contributed by atoms with Gasteiger partial charge in [0.1, 0.15) is 15.8 Å². The van der Waals surface area contributed by atoms with E-state index in [4.69, 9.17) is 33.7 Å². The number of halogens is 1. The summed E-state index contributed by atoms with van der Waals surface area (Å²) < 4.78 is 8.20. The predicted octanol–water partition coefficient (Wildman–Crippen LogP) is 8.40. The van der Waals surface area contributed by atoms with Crippen LogP contribution in [0.4, 0.5) is 0 Å². The fraction of sp³-hybridized carbons (Fsp3) is 0.367. The number of amides is 1. The molecule has 3 aromatic rings. The number of aromatic nitrogens is 2. The normalized spacial score (nSPS) is 15.5. The average molecular weight is 568 g/mol. The Labute approximate surface area is 240 Å². The van der Waals surface area contributed by atoms with Crippen molar-refractivity contribution >= 4 is 51.9 Å². The maximum Gasteiger partial charge on any atom is 0.266 e. The minimum absolute atomic E-state index is 0.0327. The largest absolute Gasteiger partial charge is 0.492 e. The molecular formula is C30H34ClN3O2S2. The third kappa shape index (κ3) is 6.68. The lowest BCUT2D eigenvalue weighted by Crippen LogP contribution is -2.33. The molecule has 38 heavy (non-hydrogen) atoms. The molecule has 0 radical (unpaired) electrons. The molecule has 0 saturated carbocycles. The van der Waals surface area contributed by atoms with Gasteiger partial charge in [-0.2, -0.15) is 5.10 Å². The molecule has 4 rings (SSSR count). The van der Waals surface area contributed by atoms with Crippen LogP contribution in [0.5, 0.6) is 5.75 Å². The highest BCUT2D eigenvalue weighted by atomic mass is 35.5. The minimum atomic E-state index is -0.0327. The number of thioether (sulfide) groups is 1. The van der Waals surface area contributed by atoms with Crippen molar-refractivity contribution < 1.29 is 9.53 Å². The molecule has 1 unspecified atom stereocenters. The van der Waals surface area contributed by atoms with Gasteiger partial charge in [-0.3, -0.25) is 9.69 Å². The zero-order chi connectivity index (χ0) is 27.1. The number of carbonyl (C=O) groups excluding carboxylic acids is 1. The molecule has 200 valence electrons. The molecule has 0 aliphatic carbocycles. The molecule has 2 heterocycles. The molecule has 1 aliphatic rings. The molecule has 1 aromatic heterocycles. The van der Waals surface area contributed by atoms with Gasteiger partial charge in [0.25, 0.3) is 5.91 Å². The van der Waals surface area contributed by atoms with Gasteiger partial charge in [0.05, 0.1) is 22.2 Å². The highest BCUT2D eigenvalue weighted by molar-refractivity contribution is 8.26. The Hall–Kier alpha value is -2.61. The van der Waals surface area contributed by atoms with Crippen molar-refractivity contribution in [1.82, 2.24) is 14.7 Å². The number of para-hydroxylation sites is 1. The Kier molecular flexibility index (Phi) is 10.1. The molecule has 2 aromatic carbocycles. The third-order valence-electron chi connectivity index (χ3n) is 6.57. The van der Waals surface area contributed by atoms with Gasteiger partial charge < -0.3 is 4.74 Å². The Balaban J connectivity index is 1.69. The maximum absolute atomic E-state index is 13.5. The van der Waals surface area contributed by atoms with Crippen LogP contribution >= 0.6 is 35.6 Å². The zero-order valence-electron chi connectivity index (χ0n) is 22.2. The molecule has 0 N–H and O–H groups in total. The van der Waals surface area contributed by atoms with Gasteiger partial charge in [0.2, 0.25) is 0 Å². The van der Waals surface area contributed by atoms with E-state index < -0.39 is 0 Å². The number of benzene rings is 2. The number of carbonyl (C=O) groups is 1. The summed E-state index contributed by atoms with van der Waals surface area (Å²) in [4.78, 5) is 15.8. The smallest absolute Gasteiger partial charge is 0.266 e. The lowest BCUT2D eigenvalue weighted by molar-refractivity contribution is -0.122. The summed E-state index contributed by atoms with van der Waals surface area (Å²) in [7, 11) is 0. The zero-order valence-corrected chi connectivity index (χ0v) is 24.5. The molecule has 1 saturated heterocycles. The number of nitrogens with zero attached hydrogens (tertiary/aromatic N) is 3. The molecule has 0 bridgehead atoms. The Morgan fingerprint density at radius 3 is 2.61 bits per heavy atom. The fourth-order valence-electron chi connectivity index (χ4n) is 4.38. The average Bonchev–Trinajstić information content (AvgIpc) is 3.46. The topological polar surface area (TPSA) is 47.4 Å². The number of hydrogen-bond acceptors (Lipinski definition) is 5. The first-order chi connectivity index (χ1) is 18.4. The summed E-state index contributed by atoms with van der Waals surface area (Å²) in [5.74, 6) is 1.06. The van der Waals surface area contributed by atoms with Crippen molar-refractivity contribution in [1.29, 1.82) is 0 Å². The van der Waals surface area contributed by atoms with Crippen LogP contribution in [0.25, 0.3) is 23.0 Å². The van der Waals surface area contributed by atoms with Crippen LogP contribution in [0.15, 0.2) is 59.6 Å². The first-order valence-corrected chi connectivity index (χ1v) is 14.9. The summed E-state index contributed by atoms with van der Waals surface area (Å²) in [5.41, 5.74) is 3.33.